The summed E-state index contributed by atoms with van der Waals surface area (Å²) in [6, 6.07) is 9.20. The van der Waals surface area contributed by atoms with Crippen LogP contribution in [0.3, 0.4) is 0 Å². The van der Waals surface area contributed by atoms with E-state index in [9.17, 15) is 0 Å². The van der Waals surface area contributed by atoms with Gasteiger partial charge in [-0.15, -0.1) is 0 Å². The van der Waals surface area contributed by atoms with E-state index in [2.05, 4.69) is 29.6 Å². The molecule has 1 fully saturated rings. The zero-order valence-corrected chi connectivity index (χ0v) is 11.8. The Hall–Kier alpha value is -0.900. The second-order valence-corrected chi connectivity index (χ2v) is 5.54. The highest BCUT2D eigenvalue weighted by Gasteiger charge is 2.42. The van der Waals surface area contributed by atoms with E-state index < -0.39 is 0 Å². The Morgan fingerprint density at radius 2 is 2.16 bits per heavy atom. The molecule has 3 heteroatoms. The highest BCUT2D eigenvalue weighted by molar-refractivity contribution is 5.40. The van der Waals surface area contributed by atoms with Crippen LogP contribution in [0.4, 0.5) is 0 Å². The maximum absolute atomic E-state index is 5.65. The lowest BCUT2D eigenvalue weighted by atomic mass is 9.77. The third kappa shape index (κ3) is 2.42. The first-order valence-corrected chi connectivity index (χ1v) is 7.29. The van der Waals surface area contributed by atoms with Crippen molar-refractivity contribution in [1.82, 2.24) is 5.32 Å². The Bertz CT molecular complexity index is 435. The van der Waals surface area contributed by atoms with Gasteiger partial charge in [0.1, 0.15) is 0 Å². The van der Waals surface area contributed by atoms with E-state index in [1.807, 2.05) is 6.92 Å². The van der Waals surface area contributed by atoms with Gasteiger partial charge in [-0.1, -0.05) is 24.3 Å². The minimum Gasteiger partial charge on any atom is -0.377 e. The molecule has 0 aliphatic heterocycles. The van der Waals surface area contributed by atoms with Crippen molar-refractivity contribution in [3.05, 3.63) is 35.4 Å². The fraction of sp³-hybridized carbons (Fsp3) is 0.625. The van der Waals surface area contributed by atoms with Crippen LogP contribution in [0.25, 0.3) is 0 Å². The summed E-state index contributed by atoms with van der Waals surface area (Å²) < 4.78 is 11.2. The molecule has 1 N–H and O–H groups in total. The Labute approximate surface area is 115 Å². The molecule has 0 amide bonds. The largest absolute Gasteiger partial charge is 0.377 e. The van der Waals surface area contributed by atoms with Gasteiger partial charge in [-0.05, 0) is 30.9 Å². The zero-order chi connectivity index (χ0) is 13.2. The average molecular weight is 261 g/mol. The minimum atomic E-state index is 0.218. The van der Waals surface area contributed by atoms with Crippen molar-refractivity contribution in [2.75, 3.05) is 20.3 Å². The fourth-order valence-corrected chi connectivity index (χ4v) is 3.31. The van der Waals surface area contributed by atoms with E-state index in [1.165, 1.54) is 17.5 Å². The van der Waals surface area contributed by atoms with E-state index >= 15 is 0 Å². The number of ether oxygens (including phenoxy) is 2. The molecule has 3 nitrogen and oxygen atoms in total. The van der Waals surface area contributed by atoms with Gasteiger partial charge in [0.05, 0.1) is 12.2 Å². The van der Waals surface area contributed by atoms with Gasteiger partial charge in [-0.2, -0.15) is 0 Å². The van der Waals surface area contributed by atoms with Crippen molar-refractivity contribution >= 4 is 0 Å². The first-order valence-electron chi connectivity index (χ1n) is 7.29. The Morgan fingerprint density at radius 3 is 2.89 bits per heavy atom. The number of nitrogens with one attached hydrogen (secondary N) is 1. The van der Waals surface area contributed by atoms with E-state index in [0.29, 0.717) is 12.0 Å². The molecule has 2 aliphatic carbocycles. The van der Waals surface area contributed by atoms with Gasteiger partial charge in [0.2, 0.25) is 0 Å². The monoisotopic (exact) mass is 261 g/mol. The molecule has 3 rings (SSSR count). The van der Waals surface area contributed by atoms with Gasteiger partial charge in [0.15, 0.2) is 0 Å². The lowest BCUT2D eigenvalue weighted by Crippen LogP contribution is -2.60. The average Bonchev–Trinajstić information content (AvgIpc) is 2.37. The smallest absolute Gasteiger partial charge is 0.0986 e. The summed E-state index contributed by atoms with van der Waals surface area (Å²) in [7, 11) is 1.78. The summed E-state index contributed by atoms with van der Waals surface area (Å²) in [5, 5.41) is 3.65. The van der Waals surface area contributed by atoms with Crippen LogP contribution in [-0.2, 0) is 15.9 Å². The van der Waals surface area contributed by atoms with Crippen LogP contribution in [0.1, 0.15) is 30.4 Å². The molecule has 1 aromatic rings. The van der Waals surface area contributed by atoms with E-state index in [4.69, 9.17) is 9.47 Å². The summed E-state index contributed by atoms with van der Waals surface area (Å²) in [4.78, 5) is 0. The summed E-state index contributed by atoms with van der Waals surface area (Å²) in [6.45, 7) is 3.87. The van der Waals surface area contributed by atoms with Crippen LogP contribution in [0.5, 0.6) is 0 Å². The number of benzene rings is 1. The molecule has 0 heterocycles. The molecule has 19 heavy (non-hydrogen) atoms. The maximum atomic E-state index is 5.65. The second-order valence-electron chi connectivity index (χ2n) is 5.54. The summed E-state index contributed by atoms with van der Waals surface area (Å²) in [6.07, 6.45) is 2.78. The lowest BCUT2D eigenvalue weighted by Gasteiger charge is -2.44. The molecule has 4 atom stereocenters. The quantitative estimate of drug-likeness (QED) is 0.851. The van der Waals surface area contributed by atoms with Crippen molar-refractivity contribution in [3.8, 4) is 0 Å². The van der Waals surface area contributed by atoms with Crippen molar-refractivity contribution in [2.45, 2.75) is 43.9 Å². The standard InChI is InChI=1S/C16H23NO2/c1-3-19-15-9-14(16(15)18-2)17-10-12-8-11-6-4-5-7-13(11)12/h4-7,12,14-17H,3,8-10H2,1-2H3. The number of methoxy groups -OCH3 is 1. The van der Waals surface area contributed by atoms with Crippen molar-refractivity contribution in [3.63, 3.8) is 0 Å². The van der Waals surface area contributed by atoms with Gasteiger partial charge in [-0.3, -0.25) is 0 Å². The molecular formula is C16H23NO2. The van der Waals surface area contributed by atoms with Crippen molar-refractivity contribution < 1.29 is 9.47 Å². The highest BCUT2D eigenvalue weighted by atomic mass is 16.5. The molecule has 0 bridgehead atoms. The number of fused-ring (bicyclic) bond motifs is 1. The highest BCUT2D eigenvalue weighted by Crippen LogP contribution is 2.35. The number of hydrogen-bond acceptors (Lipinski definition) is 3. The number of rotatable bonds is 6. The molecule has 4 unspecified atom stereocenters. The number of hydrogen-bond donors (Lipinski definition) is 1. The molecular weight excluding hydrogens is 238 g/mol. The molecule has 0 radical (unpaired) electrons. The second kappa shape index (κ2) is 5.61. The topological polar surface area (TPSA) is 30.5 Å². The summed E-state index contributed by atoms with van der Waals surface area (Å²) in [5.41, 5.74) is 3.03. The Morgan fingerprint density at radius 1 is 1.32 bits per heavy atom. The maximum Gasteiger partial charge on any atom is 0.0986 e. The minimum absolute atomic E-state index is 0.218. The first kappa shape index (κ1) is 13.1. The molecule has 1 aromatic carbocycles. The first-order chi connectivity index (χ1) is 9.33. The molecule has 104 valence electrons. The van der Waals surface area contributed by atoms with Gasteiger partial charge >= 0.3 is 0 Å². The van der Waals surface area contributed by atoms with Crippen LogP contribution < -0.4 is 5.32 Å². The van der Waals surface area contributed by atoms with Crippen molar-refractivity contribution in [2.24, 2.45) is 0 Å². The van der Waals surface area contributed by atoms with Crippen LogP contribution in [0, 0.1) is 0 Å². The lowest BCUT2D eigenvalue weighted by molar-refractivity contribution is -0.131. The van der Waals surface area contributed by atoms with Crippen LogP contribution in [0.15, 0.2) is 24.3 Å². The van der Waals surface area contributed by atoms with Gasteiger partial charge in [0.25, 0.3) is 0 Å². The molecule has 0 saturated heterocycles. The van der Waals surface area contributed by atoms with Crippen molar-refractivity contribution in [1.29, 1.82) is 0 Å². The van der Waals surface area contributed by atoms with Crippen LogP contribution >= 0.6 is 0 Å². The zero-order valence-electron chi connectivity index (χ0n) is 11.8. The van der Waals surface area contributed by atoms with Gasteiger partial charge in [0, 0.05) is 32.2 Å². The summed E-state index contributed by atoms with van der Waals surface area (Å²) >= 11 is 0. The van der Waals surface area contributed by atoms with Gasteiger partial charge < -0.3 is 14.8 Å². The third-order valence-corrected chi connectivity index (χ3v) is 4.49. The molecule has 1 saturated carbocycles. The predicted octanol–water partition coefficient (Wildman–Crippen LogP) is 2.11. The fourth-order valence-electron chi connectivity index (χ4n) is 3.31. The SMILES string of the molecule is CCOC1CC(NCC2Cc3ccccc32)C1OC. The van der Waals surface area contributed by atoms with Crippen LogP contribution in [-0.4, -0.2) is 38.5 Å². The Kier molecular flexibility index (Phi) is 3.87. The molecule has 0 aromatic heterocycles. The molecule has 2 aliphatic rings. The molecule has 0 spiro atoms. The normalized spacial score (nSPS) is 32.3. The van der Waals surface area contributed by atoms with E-state index in [0.717, 1.165) is 19.6 Å². The third-order valence-electron chi connectivity index (χ3n) is 4.49. The van der Waals surface area contributed by atoms with E-state index in [-0.39, 0.29) is 12.2 Å². The summed E-state index contributed by atoms with van der Waals surface area (Å²) in [5.74, 6) is 0.680. The van der Waals surface area contributed by atoms with Crippen LogP contribution in [0.2, 0.25) is 0 Å². The predicted molar refractivity (Wildman–Crippen MR) is 75.5 cm³/mol. The van der Waals surface area contributed by atoms with Gasteiger partial charge in [-0.25, -0.2) is 0 Å². The Balaban J connectivity index is 1.47. The van der Waals surface area contributed by atoms with E-state index in [1.54, 1.807) is 7.11 Å².